The lowest BCUT2D eigenvalue weighted by molar-refractivity contribution is 0.670. The number of para-hydroxylation sites is 1. The summed E-state index contributed by atoms with van der Waals surface area (Å²) in [4.78, 5) is 2.37. The van der Waals surface area contributed by atoms with E-state index >= 15 is 0 Å². The summed E-state index contributed by atoms with van der Waals surface area (Å²) in [6.45, 7) is 0. The molecule has 0 fully saturated rings. The highest BCUT2D eigenvalue weighted by molar-refractivity contribution is 6.12. The van der Waals surface area contributed by atoms with Crippen molar-refractivity contribution in [3.8, 4) is 33.4 Å². The van der Waals surface area contributed by atoms with Crippen molar-refractivity contribution < 1.29 is 4.42 Å². The number of hydrogen-bond donors (Lipinski definition) is 0. The van der Waals surface area contributed by atoms with Crippen LogP contribution in [0.5, 0.6) is 0 Å². The number of benzene rings is 9. The fourth-order valence-corrected chi connectivity index (χ4v) is 7.56. The molecule has 0 atom stereocenters. The molecule has 0 aliphatic rings. The van der Waals surface area contributed by atoms with Gasteiger partial charge in [-0.15, -0.1) is 0 Å². The molecule has 0 aliphatic heterocycles. The van der Waals surface area contributed by atoms with E-state index in [1.54, 1.807) is 0 Å². The van der Waals surface area contributed by atoms with Crippen molar-refractivity contribution in [2.45, 2.75) is 0 Å². The van der Waals surface area contributed by atoms with Gasteiger partial charge in [-0.1, -0.05) is 146 Å². The van der Waals surface area contributed by atoms with E-state index in [1.165, 1.54) is 43.8 Å². The minimum absolute atomic E-state index is 0.884. The van der Waals surface area contributed by atoms with Crippen molar-refractivity contribution >= 4 is 60.5 Å². The molecule has 52 heavy (non-hydrogen) atoms. The Labute approximate surface area is 302 Å². The topological polar surface area (TPSA) is 16.4 Å². The summed E-state index contributed by atoms with van der Waals surface area (Å²) in [7, 11) is 0. The van der Waals surface area contributed by atoms with Crippen LogP contribution in [0.25, 0.3) is 76.9 Å². The number of fused-ring (bicyclic) bond motifs is 5. The van der Waals surface area contributed by atoms with E-state index in [9.17, 15) is 0 Å². The van der Waals surface area contributed by atoms with Crippen molar-refractivity contribution in [1.82, 2.24) is 0 Å². The monoisotopic (exact) mass is 663 g/mol. The zero-order valence-electron chi connectivity index (χ0n) is 28.4. The number of nitrogens with zero attached hydrogens (tertiary/aromatic N) is 1. The predicted molar refractivity (Wildman–Crippen MR) is 220 cm³/mol. The number of rotatable bonds is 6. The first kappa shape index (κ1) is 30.0. The highest BCUT2D eigenvalue weighted by Crippen LogP contribution is 2.44. The van der Waals surface area contributed by atoms with E-state index in [0.717, 1.165) is 50.1 Å². The van der Waals surface area contributed by atoms with Gasteiger partial charge in [-0.3, -0.25) is 0 Å². The van der Waals surface area contributed by atoms with E-state index in [4.69, 9.17) is 4.42 Å². The Morgan fingerprint density at radius 2 is 0.808 bits per heavy atom. The van der Waals surface area contributed by atoms with Crippen molar-refractivity contribution in [1.29, 1.82) is 0 Å². The predicted octanol–water partition coefficient (Wildman–Crippen LogP) is 14.4. The van der Waals surface area contributed by atoms with E-state index < -0.39 is 0 Å². The van der Waals surface area contributed by atoms with Crippen LogP contribution < -0.4 is 4.90 Å². The molecule has 2 heteroatoms. The van der Waals surface area contributed by atoms with Crippen LogP contribution in [-0.4, -0.2) is 0 Å². The number of anilines is 3. The summed E-state index contributed by atoms with van der Waals surface area (Å²) in [5.74, 6) is 0. The van der Waals surface area contributed by atoms with Gasteiger partial charge in [-0.2, -0.15) is 0 Å². The van der Waals surface area contributed by atoms with Crippen LogP contribution in [0, 0.1) is 0 Å². The maximum atomic E-state index is 6.64. The average Bonchev–Trinajstić information content (AvgIpc) is 3.60. The van der Waals surface area contributed by atoms with Crippen LogP contribution in [0.4, 0.5) is 17.1 Å². The maximum Gasteiger partial charge on any atom is 0.143 e. The summed E-state index contributed by atoms with van der Waals surface area (Å²) in [6, 6.07) is 71.8. The van der Waals surface area contributed by atoms with Gasteiger partial charge in [-0.25, -0.2) is 0 Å². The van der Waals surface area contributed by atoms with Crippen molar-refractivity contribution in [2.75, 3.05) is 4.90 Å². The van der Waals surface area contributed by atoms with Crippen LogP contribution in [-0.2, 0) is 0 Å². The molecule has 244 valence electrons. The van der Waals surface area contributed by atoms with Gasteiger partial charge in [0.15, 0.2) is 0 Å². The minimum Gasteiger partial charge on any atom is -0.455 e. The van der Waals surface area contributed by atoms with Gasteiger partial charge in [0.1, 0.15) is 11.2 Å². The summed E-state index contributed by atoms with van der Waals surface area (Å²) in [5.41, 5.74) is 12.0. The zero-order valence-corrected chi connectivity index (χ0v) is 28.4. The average molecular weight is 664 g/mol. The first-order valence-electron chi connectivity index (χ1n) is 17.7. The molecule has 0 unspecified atom stereocenters. The molecule has 0 bridgehead atoms. The maximum absolute atomic E-state index is 6.64. The van der Waals surface area contributed by atoms with Gasteiger partial charge >= 0.3 is 0 Å². The van der Waals surface area contributed by atoms with Gasteiger partial charge < -0.3 is 9.32 Å². The first-order valence-corrected chi connectivity index (χ1v) is 17.7. The van der Waals surface area contributed by atoms with Gasteiger partial charge in [0.25, 0.3) is 0 Å². The van der Waals surface area contributed by atoms with E-state index in [2.05, 4.69) is 199 Å². The molecular weight excluding hydrogens is 631 g/mol. The van der Waals surface area contributed by atoms with Gasteiger partial charge in [-0.05, 0) is 104 Å². The largest absolute Gasteiger partial charge is 0.455 e. The molecule has 1 aromatic heterocycles. The highest BCUT2D eigenvalue weighted by Gasteiger charge is 2.20. The van der Waals surface area contributed by atoms with Gasteiger partial charge in [0.2, 0.25) is 0 Å². The third-order valence-electron chi connectivity index (χ3n) is 10.2. The van der Waals surface area contributed by atoms with E-state index in [1.807, 2.05) is 6.07 Å². The van der Waals surface area contributed by atoms with Crippen LogP contribution in [0.3, 0.4) is 0 Å². The lowest BCUT2D eigenvalue weighted by Crippen LogP contribution is -2.10. The van der Waals surface area contributed by atoms with E-state index in [-0.39, 0.29) is 0 Å². The second-order valence-electron chi connectivity index (χ2n) is 13.4. The molecule has 0 saturated heterocycles. The summed E-state index contributed by atoms with van der Waals surface area (Å²) < 4.78 is 6.64. The van der Waals surface area contributed by atoms with Crippen LogP contribution in [0.15, 0.2) is 205 Å². The molecule has 0 N–H and O–H groups in total. The van der Waals surface area contributed by atoms with Gasteiger partial charge in [0, 0.05) is 33.4 Å². The lowest BCUT2D eigenvalue weighted by Gasteiger charge is -2.27. The van der Waals surface area contributed by atoms with Crippen molar-refractivity contribution in [2.24, 2.45) is 0 Å². The molecular formula is C50H33NO. The van der Waals surface area contributed by atoms with Gasteiger partial charge in [0.05, 0.1) is 0 Å². The third kappa shape index (κ3) is 5.30. The quantitative estimate of drug-likeness (QED) is 0.176. The van der Waals surface area contributed by atoms with Crippen LogP contribution in [0.2, 0.25) is 0 Å². The molecule has 2 nitrogen and oxygen atoms in total. The Balaban J connectivity index is 1.16. The Morgan fingerprint density at radius 1 is 0.308 bits per heavy atom. The Bertz CT molecular complexity index is 2890. The molecule has 0 saturated carbocycles. The van der Waals surface area contributed by atoms with E-state index in [0.29, 0.717) is 0 Å². The number of furan rings is 1. The van der Waals surface area contributed by atoms with Crippen molar-refractivity contribution in [3.05, 3.63) is 200 Å². The molecule has 0 aliphatic carbocycles. The zero-order chi connectivity index (χ0) is 34.4. The standard InChI is InChI=1S/C50H33NO/c1-2-10-34(11-3-1)37-22-26-43(27-23-37)51(44-28-24-38(25-29-44)41-20-18-35-12-4-6-14-39(35)30-41)45-32-47(42-21-19-36-13-5-7-15-40(36)31-42)50-48(33-45)46-16-8-9-17-49(46)52-50/h1-33H. The molecule has 10 rings (SSSR count). The Morgan fingerprint density at radius 3 is 1.48 bits per heavy atom. The second kappa shape index (κ2) is 12.5. The van der Waals surface area contributed by atoms with Crippen LogP contribution >= 0.6 is 0 Å². The summed E-state index contributed by atoms with van der Waals surface area (Å²) >= 11 is 0. The van der Waals surface area contributed by atoms with Crippen LogP contribution in [0.1, 0.15) is 0 Å². The normalized spacial score (nSPS) is 11.5. The third-order valence-corrected chi connectivity index (χ3v) is 10.2. The number of hydrogen-bond acceptors (Lipinski definition) is 2. The molecule has 9 aromatic carbocycles. The molecule has 10 aromatic rings. The fourth-order valence-electron chi connectivity index (χ4n) is 7.56. The molecule has 1 heterocycles. The molecule has 0 amide bonds. The second-order valence-corrected chi connectivity index (χ2v) is 13.4. The smallest absolute Gasteiger partial charge is 0.143 e. The molecule has 0 spiro atoms. The first-order chi connectivity index (χ1) is 25.7. The minimum atomic E-state index is 0.884. The lowest BCUT2D eigenvalue weighted by atomic mass is 9.97. The van der Waals surface area contributed by atoms with Crippen molar-refractivity contribution in [3.63, 3.8) is 0 Å². The summed E-state index contributed by atoms with van der Waals surface area (Å²) in [5, 5.41) is 7.10. The Hall–Kier alpha value is -6.90. The Kier molecular flexibility index (Phi) is 7.18. The highest BCUT2D eigenvalue weighted by atomic mass is 16.3. The molecule has 0 radical (unpaired) electrons. The SMILES string of the molecule is c1ccc(-c2ccc(N(c3ccc(-c4ccc5ccccc5c4)cc3)c3cc(-c4ccc5ccccc5c4)c4oc5ccccc5c4c3)cc2)cc1. The summed E-state index contributed by atoms with van der Waals surface area (Å²) in [6.07, 6.45) is 0. The fraction of sp³-hybridized carbons (Fsp3) is 0.